The molecular weight excluding hydrogens is 298 g/mol. The normalized spacial score (nSPS) is 24.3. The van der Waals surface area contributed by atoms with Crippen LogP contribution in [0.25, 0.3) is 0 Å². The summed E-state index contributed by atoms with van der Waals surface area (Å²) < 4.78 is 12.4. The first-order valence-electron chi connectivity index (χ1n) is 8.19. The van der Waals surface area contributed by atoms with Gasteiger partial charge in [-0.2, -0.15) is 5.10 Å². The van der Waals surface area contributed by atoms with Crippen LogP contribution in [-0.2, 0) is 21.3 Å². The summed E-state index contributed by atoms with van der Waals surface area (Å²) in [5.74, 6) is 0.0894. The first-order valence-corrected chi connectivity index (χ1v) is 8.19. The van der Waals surface area contributed by atoms with Crippen molar-refractivity contribution in [2.45, 2.75) is 38.2 Å². The highest BCUT2D eigenvalue weighted by atomic mass is 16.6. The summed E-state index contributed by atoms with van der Waals surface area (Å²) in [4.78, 5) is 25.5. The molecule has 0 bridgehead atoms. The van der Waals surface area contributed by atoms with E-state index in [0.29, 0.717) is 32.5 Å². The van der Waals surface area contributed by atoms with Crippen LogP contribution in [0.3, 0.4) is 0 Å². The Labute approximate surface area is 135 Å². The SMILES string of the molecule is CCOC(=O)N1CCC(OC(=O)[C@H]2C[C@@H]2c2cnn(C)c2)CC1. The number of piperidine rings is 1. The molecule has 23 heavy (non-hydrogen) atoms. The molecule has 0 unspecified atom stereocenters. The van der Waals surface area contributed by atoms with Gasteiger partial charge in [0.15, 0.2) is 0 Å². The molecule has 0 N–H and O–H groups in total. The highest BCUT2D eigenvalue weighted by molar-refractivity contribution is 5.77. The number of ether oxygens (including phenoxy) is 2. The van der Waals surface area contributed by atoms with Crippen LogP contribution in [0.1, 0.15) is 37.7 Å². The van der Waals surface area contributed by atoms with Gasteiger partial charge in [-0.05, 0) is 18.9 Å². The zero-order valence-electron chi connectivity index (χ0n) is 13.6. The van der Waals surface area contributed by atoms with Crippen molar-refractivity contribution in [1.29, 1.82) is 0 Å². The first kappa shape index (κ1) is 15.8. The molecule has 7 heteroatoms. The van der Waals surface area contributed by atoms with E-state index in [1.807, 2.05) is 19.4 Å². The molecule has 2 fully saturated rings. The third-order valence-corrected chi connectivity index (χ3v) is 4.50. The molecule has 126 valence electrons. The maximum Gasteiger partial charge on any atom is 0.409 e. The number of rotatable bonds is 4. The van der Waals surface area contributed by atoms with Gasteiger partial charge in [-0.25, -0.2) is 4.79 Å². The molecule has 3 rings (SSSR count). The van der Waals surface area contributed by atoms with Gasteiger partial charge in [-0.3, -0.25) is 9.48 Å². The predicted octanol–water partition coefficient (Wildman–Crippen LogP) is 1.69. The summed E-state index contributed by atoms with van der Waals surface area (Å²) in [7, 11) is 1.87. The average Bonchev–Trinajstić information content (AvgIpc) is 3.23. The van der Waals surface area contributed by atoms with E-state index in [9.17, 15) is 9.59 Å². The lowest BCUT2D eigenvalue weighted by Crippen LogP contribution is -2.41. The maximum atomic E-state index is 12.2. The summed E-state index contributed by atoms with van der Waals surface area (Å²) in [5, 5.41) is 4.14. The molecule has 0 aromatic carbocycles. The lowest BCUT2D eigenvalue weighted by Gasteiger charge is -2.30. The van der Waals surface area contributed by atoms with Crippen molar-refractivity contribution in [3.63, 3.8) is 0 Å². The summed E-state index contributed by atoms with van der Waals surface area (Å²) in [6.45, 7) is 3.33. The van der Waals surface area contributed by atoms with E-state index < -0.39 is 0 Å². The molecule has 2 heterocycles. The van der Waals surface area contributed by atoms with Gasteiger partial charge in [0.1, 0.15) is 6.10 Å². The third-order valence-electron chi connectivity index (χ3n) is 4.50. The van der Waals surface area contributed by atoms with E-state index >= 15 is 0 Å². The zero-order chi connectivity index (χ0) is 16.4. The Balaban J connectivity index is 1.43. The minimum atomic E-state index is -0.281. The van der Waals surface area contributed by atoms with Crippen molar-refractivity contribution in [3.8, 4) is 0 Å². The molecule has 0 spiro atoms. The van der Waals surface area contributed by atoms with E-state index in [2.05, 4.69) is 5.10 Å². The maximum absolute atomic E-state index is 12.2. The molecule has 1 saturated carbocycles. The Morgan fingerprint density at radius 1 is 1.35 bits per heavy atom. The fourth-order valence-electron chi connectivity index (χ4n) is 3.08. The molecule has 2 atom stereocenters. The second-order valence-corrected chi connectivity index (χ2v) is 6.22. The summed E-state index contributed by atoms with van der Waals surface area (Å²) in [5.41, 5.74) is 1.10. The van der Waals surface area contributed by atoms with Crippen LogP contribution in [0.2, 0.25) is 0 Å². The van der Waals surface area contributed by atoms with Crippen molar-refractivity contribution in [1.82, 2.24) is 14.7 Å². The number of aromatic nitrogens is 2. The van der Waals surface area contributed by atoms with Crippen molar-refractivity contribution in [3.05, 3.63) is 18.0 Å². The molecule has 2 aliphatic rings. The standard InChI is InChI=1S/C16H23N3O4/c1-3-22-16(21)19-6-4-12(5-7-19)23-15(20)14-8-13(14)11-9-17-18(2)10-11/h9-10,12-14H,3-8H2,1-2H3/t13-,14+/m1/s1. The van der Waals surface area contributed by atoms with Gasteiger partial charge in [-0.15, -0.1) is 0 Å². The highest BCUT2D eigenvalue weighted by Gasteiger charge is 2.46. The molecule has 7 nitrogen and oxygen atoms in total. The average molecular weight is 321 g/mol. The molecule has 1 aromatic rings. The van der Waals surface area contributed by atoms with Crippen LogP contribution in [-0.4, -0.2) is 52.5 Å². The summed E-state index contributed by atoms with van der Waals surface area (Å²) in [6.07, 6.45) is 5.58. The number of likely N-dealkylation sites (tertiary alicyclic amines) is 1. The van der Waals surface area contributed by atoms with Crippen LogP contribution in [0.4, 0.5) is 4.79 Å². The fourth-order valence-corrected chi connectivity index (χ4v) is 3.08. The van der Waals surface area contributed by atoms with E-state index in [0.717, 1.165) is 12.0 Å². The van der Waals surface area contributed by atoms with E-state index in [-0.39, 0.29) is 30.0 Å². The Hall–Kier alpha value is -2.05. The van der Waals surface area contributed by atoms with Gasteiger partial charge in [0.2, 0.25) is 0 Å². The molecule has 1 aliphatic heterocycles. The Kier molecular flexibility index (Phi) is 4.54. The number of hydrogen-bond acceptors (Lipinski definition) is 5. The molecular formula is C16H23N3O4. The van der Waals surface area contributed by atoms with Crippen LogP contribution in [0, 0.1) is 5.92 Å². The van der Waals surface area contributed by atoms with Gasteiger partial charge in [0.05, 0.1) is 18.7 Å². The second kappa shape index (κ2) is 6.60. The molecule has 1 amide bonds. The Bertz CT molecular complexity index is 578. The topological polar surface area (TPSA) is 73.7 Å². The van der Waals surface area contributed by atoms with Crippen molar-refractivity contribution >= 4 is 12.1 Å². The van der Waals surface area contributed by atoms with Gasteiger partial charge in [0.25, 0.3) is 0 Å². The van der Waals surface area contributed by atoms with Crippen molar-refractivity contribution in [2.75, 3.05) is 19.7 Å². The third kappa shape index (κ3) is 3.65. The van der Waals surface area contributed by atoms with Crippen molar-refractivity contribution in [2.24, 2.45) is 13.0 Å². The van der Waals surface area contributed by atoms with Gasteiger partial charge >= 0.3 is 12.1 Å². The van der Waals surface area contributed by atoms with Crippen LogP contribution >= 0.6 is 0 Å². The quantitative estimate of drug-likeness (QED) is 0.789. The van der Waals surface area contributed by atoms with E-state index in [1.165, 1.54) is 0 Å². The second-order valence-electron chi connectivity index (χ2n) is 6.22. The molecule has 0 radical (unpaired) electrons. The van der Waals surface area contributed by atoms with Crippen molar-refractivity contribution < 1.29 is 19.1 Å². The summed E-state index contributed by atoms with van der Waals surface area (Å²) >= 11 is 0. The van der Waals surface area contributed by atoms with Gasteiger partial charge in [0, 0.05) is 45.1 Å². The van der Waals surface area contributed by atoms with E-state index in [4.69, 9.17) is 9.47 Å². The molecule has 1 saturated heterocycles. The summed E-state index contributed by atoms with van der Waals surface area (Å²) in [6, 6.07) is 0. The minimum absolute atomic E-state index is 0.0395. The predicted molar refractivity (Wildman–Crippen MR) is 81.8 cm³/mol. The largest absolute Gasteiger partial charge is 0.462 e. The highest BCUT2D eigenvalue weighted by Crippen LogP contribution is 2.48. The van der Waals surface area contributed by atoms with Crippen LogP contribution in [0.15, 0.2) is 12.4 Å². The number of carbonyl (C=O) groups is 2. The molecule has 1 aromatic heterocycles. The van der Waals surface area contributed by atoms with E-state index in [1.54, 1.807) is 16.5 Å². The number of carbonyl (C=O) groups excluding carboxylic acids is 2. The number of nitrogens with zero attached hydrogens (tertiary/aromatic N) is 3. The number of esters is 1. The fraction of sp³-hybridized carbons (Fsp3) is 0.688. The first-order chi connectivity index (χ1) is 11.1. The molecule has 1 aliphatic carbocycles. The van der Waals surface area contributed by atoms with Gasteiger partial charge < -0.3 is 14.4 Å². The smallest absolute Gasteiger partial charge is 0.409 e. The zero-order valence-corrected chi connectivity index (χ0v) is 13.6. The minimum Gasteiger partial charge on any atom is -0.462 e. The lowest BCUT2D eigenvalue weighted by molar-refractivity contribution is -0.152. The Morgan fingerprint density at radius 2 is 2.09 bits per heavy atom. The number of hydrogen-bond donors (Lipinski definition) is 0. The Morgan fingerprint density at radius 3 is 2.70 bits per heavy atom. The van der Waals surface area contributed by atoms with Crippen LogP contribution < -0.4 is 0 Å². The monoisotopic (exact) mass is 321 g/mol. The lowest BCUT2D eigenvalue weighted by atomic mass is 10.1. The number of aryl methyl sites for hydroxylation is 1. The van der Waals surface area contributed by atoms with Gasteiger partial charge in [-0.1, -0.05) is 0 Å². The number of amides is 1. The van der Waals surface area contributed by atoms with Crippen LogP contribution in [0.5, 0.6) is 0 Å².